The summed E-state index contributed by atoms with van der Waals surface area (Å²) in [6.07, 6.45) is 7.46. The predicted octanol–water partition coefficient (Wildman–Crippen LogP) is 3.76. The van der Waals surface area contributed by atoms with E-state index in [1.807, 2.05) is 37.1 Å². The van der Waals surface area contributed by atoms with E-state index in [2.05, 4.69) is 20.3 Å². The number of aromatic nitrogens is 3. The van der Waals surface area contributed by atoms with Crippen LogP contribution < -0.4 is 10.2 Å². The van der Waals surface area contributed by atoms with Crippen LogP contribution in [0.4, 0.5) is 11.6 Å². The molecule has 0 fully saturated rings. The van der Waals surface area contributed by atoms with Gasteiger partial charge in [-0.1, -0.05) is 17.7 Å². The lowest BCUT2D eigenvalue weighted by atomic mass is 10.2. The van der Waals surface area contributed by atoms with E-state index < -0.39 is 0 Å². The van der Waals surface area contributed by atoms with Gasteiger partial charge in [-0.3, -0.25) is 9.78 Å². The van der Waals surface area contributed by atoms with Gasteiger partial charge in [0.15, 0.2) is 0 Å². The van der Waals surface area contributed by atoms with Crippen molar-refractivity contribution in [1.82, 2.24) is 15.0 Å². The number of hydrogen-bond donors (Lipinski definition) is 1. The second-order valence-corrected chi connectivity index (χ2v) is 6.62. The highest BCUT2D eigenvalue weighted by Gasteiger charge is 2.10. The Morgan fingerprint density at radius 2 is 1.85 bits per heavy atom. The molecule has 0 aliphatic heterocycles. The lowest BCUT2D eigenvalue weighted by Gasteiger charge is -2.16. The van der Waals surface area contributed by atoms with Gasteiger partial charge in [0, 0.05) is 49.1 Å². The molecule has 0 atom stereocenters. The first kappa shape index (κ1) is 18.8. The summed E-state index contributed by atoms with van der Waals surface area (Å²) in [5.41, 5.74) is 3.17. The highest BCUT2D eigenvalue weighted by molar-refractivity contribution is 6.31. The first-order valence-corrected chi connectivity index (χ1v) is 8.90. The minimum atomic E-state index is -0.277. The summed E-state index contributed by atoms with van der Waals surface area (Å²) in [6, 6.07) is 9.35. The molecule has 27 heavy (non-hydrogen) atoms. The highest BCUT2D eigenvalue weighted by Crippen LogP contribution is 2.20. The van der Waals surface area contributed by atoms with Crippen molar-refractivity contribution >= 4 is 29.1 Å². The van der Waals surface area contributed by atoms with E-state index in [0.29, 0.717) is 22.2 Å². The SMILES string of the molecule is Cc1ccc(NC(=O)c2cnc(N(C)CCc3ccncc3)nc2)cc1Cl. The van der Waals surface area contributed by atoms with Crippen molar-refractivity contribution in [3.63, 3.8) is 0 Å². The first-order chi connectivity index (χ1) is 13.0. The molecule has 7 heteroatoms. The van der Waals surface area contributed by atoms with Gasteiger partial charge >= 0.3 is 0 Å². The standard InChI is InChI=1S/C20H20ClN5O/c1-14-3-4-17(11-18(14)21)25-19(27)16-12-23-20(24-13-16)26(2)10-7-15-5-8-22-9-6-15/h3-6,8-9,11-13H,7,10H2,1-2H3,(H,25,27). The number of carbonyl (C=O) groups excluding carboxylic acids is 1. The van der Waals surface area contributed by atoms with Crippen LogP contribution in [0.5, 0.6) is 0 Å². The number of aryl methyl sites for hydroxylation is 1. The molecule has 0 radical (unpaired) electrons. The third kappa shape index (κ3) is 5.01. The molecule has 6 nitrogen and oxygen atoms in total. The van der Waals surface area contributed by atoms with E-state index >= 15 is 0 Å². The van der Waals surface area contributed by atoms with Crippen LogP contribution >= 0.6 is 11.6 Å². The second-order valence-electron chi connectivity index (χ2n) is 6.22. The van der Waals surface area contributed by atoms with Crippen molar-refractivity contribution < 1.29 is 4.79 Å². The maximum absolute atomic E-state index is 12.3. The Morgan fingerprint density at radius 3 is 2.52 bits per heavy atom. The van der Waals surface area contributed by atoms with Crippen molar-refractivity contribution in [2.45, 2.75) is 13.3 Å². The van der Waals surface area contributed by atoms with Crippen LogP contribution in [0, 0.1) is 6.92 Å². The number of likely N-dealkylation sites (N-methyl/N-ethyl adjacent to an activating group) is 1. The first-order valence-electron chi connectivity index (χ1n) is 8.52. The maximum atomic E-state index is 12.3. The third-order valence-corrected chi connectivity index (χ3v) is 4.56. The average molecular weight is 382 g/mol. The molecule has 2 aromatic heterocycles. The van der Waals surface area contributed by atoms with Crippen LogP contribution in [0.25, 0.3) is 0 Å². The van der Waals surface area contributed by atoms with Crippen LogP contribution in [0.2, 0.25) is 5.02 Å². The molecule has 138 valence electrons. The fourth-order valence-corrected chi connectivity index (χ4v) is 2.64. The quantitative estimate of drug-likeness (QED) is 0.703. The normalized spacial score (nSPS) is 10.5. The number of nitrogens with one attached hydrogen (secondary N) is 1. The molecule has 0 bridgehead atoms. The Labute approximate surface area is 163 Å². The molecule has 0 aliphatic rings. The minimum Gasteiger partial charge on any atom is -0.344 e. The molecule has 1 amide bonds. The van der Waals surface area contributed by atoms with Crippen LogP contribution in [0.3, 0.4) is 0 Å². The Kier molecular flexibility index (Phi) is 5.98. The number of halogens is 1. The average Bonchev–Trinajstić information content (AvgIpc) is 2.70. The summed E-state index contributed by atoms with van der Waals surface area (Å²) < 4.78 is 0. The van der Waals surface area contributed by atoms with Gasteiger partial charge in [-0.05, 0) is 48.7 Å². The minimum absolute atomic E-state index is 0.277. The summed E-state index contributed by atoms with van der Waals surface area (Å²) in [7, 11) is 1.92. The van der Waals surface area contributed by atoms with Gasteiger partial charge in [0.1, 0.15) is 0 Å². The zero-order valence-electron chi connectivity index (χ0n) is 15.2. The molecule has 2 heterocycles. The van der Waals surface area contributed by atoms with Crippen molar-refractivity contribution in [3.8, 4) is 0 Å². The zero-order chi connectivity index (χ0) is 19.2. The van der Waals surface area contributed by atoms with E-state index in [1.54, 1.807) is 24.5 Å². The van der Waals surface area contributed by atoms with E-state index in [-0.39, 0.29) is 5.91 Å². The second kappa shape index (κ2) is 8.60. The molecule has 1 N–H and O–H groups in total. The summed E-state index contributed by atoms with van der Waals surface area (Å²) in [6.45, 7) is 2.67. The maximum Gasteiger partial charge on any atom is 0.258 e. The van der Waals surface area contributed by atoms with Gasteiger partial charge < -0.3 is 10.2 Å². The Hall–Kier alpha value is -2.99. The fourth-order valence-electron chi connectivity index (χ4n) is 2.46. The number of carbonyl (C=O) groups is 1. The van der Waals surface area contributed by atoms with Gasteiger partial charge in [0.25, 0.3) is 5.91 Å². The third-order valence-electron chi connectivity index (χ3n) is 4.16. The molecular formula is C20H20ClN5O. The molecule has 0 unspecified atom stereocenters. The predicted molar refractivity (Wildman–Crippen MR) is 107 cm³/mol. The van der Waals surface area contributed by atoms with E-state index in [0.717, 1.165) is 18.5 Å². The largest absolute Gasteiger partial charge is 0.344 e. The zero-order valence-corrected chi connectivity index (χ0v) is 15.9. The number of rotatable bonds is 6. The van der Waals surface area contributed by atoms with Crippen LogP contribution in [-0.2, 0) is 6.42 Å². The molecule has 0 saturated carbocycles. The van der Waals surface area contributed by atoms with Crippen LogP contribution in [-0.4, -0.2) is 34.5 Å². The van der Waals surface area contributed by atoms with E-state index in [9.17, 15) is 4.79 Å². The molecule has 1 aromatic carbocycles. The molecular weight excluding hydrogens is 362 g/mol. The van der Waals surface area contributed by atoms with E-state index in [4.69, 9.17) is 11.6 Å². The Bertz CT molecular complexity index is 915. The topological polar surface area (TPSA) is 71.0 Å². The van der Waals surface area contributed by atoms with Gasteiger partial charge in [-0.25, -0.2) is 9.97 Å². The Balaban J connectivity index is 1.60. The lowest BCUT2D eigenvalue weighted by molar-refractivity contribution is 0.102. The fraction of sp³-hybridized carbons (Fsp3) is 0.200. The van der Waals surface area contributed by atoms with Crippen molar-refractivity contribution in [2.75, 3.05) is 23.8 Å². The van der Waals surface area contributed by atoms with Gasteiger partial charge in [-0.2, -0.15) is 0 Å². The number of amides is 1. The summed E-state index contributed by atoms with van der Waals surface area (Å²) in [5, 5.41) is 3.41. The van der Waals surface area contributed by atoms with Gasteiger partial charge in [0.2, 0.25) is 5.95 Å². The van der Waals surface area contributed by atoms with Gasteiger partial charge in [-0.15, -0.1) is 0 Å². The van der Waals surface area contributed by atoms with Crippen molar-refractivity contribution in [3.05, 3.63) is 76.8 Å². The molecule has 0 aliphatic carbocycles. The molecule has 0 spiro atoms. The number of benzene rings is 1. The number of hydrogen-bond acceptors (Lipinski definition) is 5. The van der Waals surface area contributed by atoms with Crippen molar-refractivity contribution in [2.24, 2.45) is 0 Å². The van der Waals surface area contributed by atoms with Crippen molar-refractivity contribution in [1.29, 1.82) is 0 Å². The molecule has 3 rings (SSSR count). The number of nitrogens with zero attached hydrogens (tertiary/aromatic N) is 4. The number of pyridine rings is 1. The monoisotopic (exact) mass is 381 g/mol. The smallest absolute Gasteiger partial charge is 0.258 e. The number of anilines is 2. The lowest BCUT2D eigenvalue weighted by Crippen LogP contribution is -2.23. The molecule has 3 aromatic rings. The molecule has 0 saturated heterocycles. The van der Waals surface area contributed by atoms with Crippen LogP contribution in [0.1, 0.15) is 21.5 Å². The summed E-state index contributed by atoms with van der Waals surface area (Å²) in [4.78, 5) is 26.9. The van der Waals surface area contributed by atoms with Gasteiger partial charge in [0.05, 0.1) is 5.56 Å². The summed E-state index contributed by atoms with van der Waals surface area (Å²) in [5.74, 6) is 0.292. The summed E-state index contributed by atoms with van der Waals surface area (Å²) >= 11 is 6.09. The Morgan fingerprint density at radius 1 is 1.15 bits per heavy atom. The van der Waals surface area contributed by atoms with E-state index in [1.165, 1.54) is 18.0 Å². The highest BCUT2D eigenvalue weighted by atomic mass is 35.5. The van der Waals surface area contributed by atoms with Crippen LogP contribution in [0.15, 0.2) is 55.1 Å².